The van der Waals surface area contributed by atoms with Gasteiger partial charge in [-0.25, -0.2) is 9.78 Å². The van der Waals surface area contributed by atoms with Gasteiger partial charge in [0.15, 0.2) is 11.9 Å². The van der Waals surface area contributed by atoms with Crippen LogP contribution in [0, 0.1) is 0 Å². The fourth-order valence-corrected chi connectivity index (χ4v) is 2.74. The van der Waals surface area contributed by atoms with Gasteiger partial charge in [0.05, 0.1) is 10.0 Å². The first-order valence-electron chi connectivity index (χ1n) is 7.16. The smallest absolute Gasteiger partial charge is 0.332 e. The van der Waals surface area contributed by atoms with E-state index in [4.69, 9.17) is 27.9 Å². The molecule has 1 amide bonds. The molecule has 0 unspecified atom stereocenters. The Labute approximate surface area is 159 Å². The Morgan fingerprint density at radius 3 is 2.68 bits per heavy atom. The highest BCUT2D eigenvalue weighted by Crippen LogP contribution is 2.22. The van der Waals surface area contributed by atoms with E-state index in [-0.39, 0.29) is 10.8 Å². The topological polar surface area (TPSA) is 68.3 Å². The van der Waals surface area contributed by atoms with Crippen LogP contribution in [0.1, 0.15) is 6.92 Å². The molecule has 0 aliphatic rings. The van der Waals surface area contributed by atoms with Crippen molar-refractivity contribution in [1.82, 2.24) is 4.98 Å². The van der Waals surface area contributed by atoms with Crippen molar-refractivity contribution in [3.63, 3.8) is 0 Å². The number of ether oxygens (including phenoxy) is 1. The number of amides is 1. The molecule has 0 aliphatic carbocycles. The maximum Gasteiger partial charge on any atom is 0.332 e. The lowest BCUT2D eigenvalue weighted by atomic mass is 10.3. The summed E-state index contributed by atoms with van der Waals surface area (Å²) >= 11 is 13.0. The van der Waals surface area contributed by atoms with Crippen molar-refractivity contribution in [3.05, 3.63) is 64.1 Å². The summed E-state index contributed by atoms with van der Waals surface area (Å²) in [4.78, 5) is 28.7. The molecule has 0 saturated heterocycles. The molecule has 1 atom stereocenters. The minimum atomic E-state index is -1.01. The van der Waals surface area contributed by atoms with E-state index in [1.165, 1.54) is 37.0 Å². The molecular formula is C17H14Cl2N2O3S. The van der Waals surface area contributed by atoms with Crippen LogP contribution in [0.2, 0.25) is 10.0 Å². The molecule has 2 rings (SSSR count). The molecule has 25 heavy (non-hydrogen) atoms. The standard InChI is InChI=1S/C17H14Cl2N2O3S/c1-11(17(23)21-16-14(19)9-12(18)10-20-16)24-15(22)7-8-25-13-5-3-2-4-6-13/h2-11H,1H3,(H,20,21,23)/b8-7+/t11-/m0/s1. The molecule has 130 valence electrons. The number of carbonyl (C=O) groups excluding carboxylic acids is 2. The first-order chi connectivity index (χ1) is 12.0. The number of pyridine rings is 1. The molecule has 1 N–H and O–H groups in total. The molecule has 1 aromatic carbocycles. The van der Waals surface area contributed by atoms with Gasteiger partial charge in [-0.3, -0.25) is 4.79 Å². The Bertz CT molecular complexity index is 785. The van der Waals surface area contributed by atoms with E-state index >= 15 is 0 Å². The zero-order chi connectivity index (χ0) is 18.2. The molecule has 1 heterocycles. The predicted molar refractivity (Wildman–Crippen MR) is 99.9 cm³/mol. The second-order valence-electron chi connectivity index (χ2n) is 4.79. The maximum atomic E-state index is 12.0. The number of benzene rings is 1. The first kappa shape index (κ1) is 19.3. The predicted octanol–water partition coefficient (Wildman–Crippen LogP) is 4.56. The largest absolute Gasteiger partial charge is 0.449 e. The maximum absolute atomic E-state index is 12.0. The third-order valence-corrected chi connectivity index (χ3v) is 4.17. The minimum absolute atomic E-state index is 0.147. The summed E-state index contributed by atoms with van der Waals surface area (Å²) in [7, 11) is 0. The van der Waals surface area contributed by atoms with Crippen molar-refractivity contribution in [1.29, 1.82) is 0 Å². The number of halogens is 2. The van der Waals surface area contributed by atoms with Crippen molar-refractivity contribution in [2.75, 3.05) is 5.32 Å². The zero-order valence-electron chi connectivity index (χ0n) is 13.1. The summed E-state index contributed by atoms with van der Waals surface area (Å²) in [5.41, 5.74) is 0. The van der Waals surface area contributed by atoms with E-state index in [9.17, 15) is 9.59 Å². The number of thioether (sulfide) groups is 1. The van der Waals surface area contributed by atoms with Crippen molar-refractivity contribution >= 4 is 52.7 Å². The van der Waals surface area contributed by atoms with Gasteiger partial charge < -0.3 is 10.1 Å². The van der Waals surface area contributed by atoms with Gasteiger partial charge in [-0.15, -0.1) is 0 Å². The number of esters is 1. The molecule has 0 aliphatic heterocycles. The molecule has 8 heteroatoms. The van der Waals surface area contributed by atoms with Crippen LogP contribution in [0.25, 0.3) is 0 Å². The second kappa shape index (κ2) is 9.46. The van der Waals surface area contributed by atoms with Gasteiger partial charge in [-0.2, -0.15) is 0 Å². The number of hydrogen-bond acceptors (Lipinski definition) is 5. The normalized spacial score (nSPS) is 12.0. The van der Waals surface area contributed by atoms with Crippen molar-refractivity contribution in [2.24, 2.45) is 0 Å². The monoisotopic (exact) mass is 396 g/mol. The van der Waals surface area contributed by atoms with E-state index in [1.807, 2.05) is 30.3 Å². The number of nitrogens with zero attached hydrogens (tertiary/aromatic N) is 1. The van der Waals surface area contributed by atoms with Crippen LogP contribution in [0.5, 0.6) is 0 Å². The Hall–Kier alpha value is -2.02. The van der Waals surface area contributed by atoms with Crippen molar-refractivity contribution in [3.8, 4) is 0 Å². The van der Waals surface area contributed by atoms with E-state index < -0.39 is 18.0 Å². The Balaban J connectivity index is 1.84. The van der Waals surface area contributed by atoms with Gasteiger partial charge in [-0.05, 0) is 30.5 Å². The molecular weight excluding hydrogens is 383 g/mol. The van der Waals surface area contributed by atoms with Crippen LogP contribution in [0.15, 0.2) is 59.0 Å². The van der Waals surface area contributed by atoms with Crippen LogP contribution < -0.4 is 5.32 Å². The Morgan fingerprint density at radius 1 is 1.28 bits per heavy atom. The summed E-state index contributed by atoms with van der Waals surface area (Å²) in [6, 6.07) is 11.0. The number of aromatic nitrogens is 1. The summed E-state index contributed by atoms with van der Waals surface area (Å²) in [6.07, 6.45) is 1.60. The van der Waals surface area contributed by atoms with E-state index in [1.54, 1.807) is 5.41 Å². The van der Waals surface area contributed by atoms with Crippen LogP contribution in [0.4, 0.5) is 5.82 Å². The summed E-state index contributed by atoms with van der Waals surface area (Å²) in [5, 5.41) is 4.62. The van der Waals surface area contributed by atoms with Crippen LogP contribution in [0.3, 0.4) is 0 Å². The highest BCUT2D eigenvalue weighted by molar-refractivity contribution is 8.02. The molecule has 5 nitrogen and oxygen atoms in total. The average molecular weight is 397 g/mol. The molecule has 2 aromatic rings. The summed E-state index contributed by atoms with van der Waals surface area (Å²) in [5.74, 6) is -1.02. The molecule has 0 radical (unpaired) electrons. The number of rotatable bonds is 6. The van der Waals surface area contributed by atoms with Crippen LogP contribution >= 0.6 is 35.0 Å². The van der Waals surface area contributed by atoms with Gasteiger partial charge >= 0.3 is 5.97 Å². The number of carbonyl (C=O) groups is 2. The summed E-state index contributed by atoms with van der Waals surface area (Å²) < 4.78 is 5.04. The van der Waals surface area contributed by atoms with E-state index in [2.05, 4.69) is 10.3 Å². The molecule has 0 saturated carbocycles. The quantitative estimate of drug-likeness (QED) is 0.440. The lowest BCUT2D eigenvalue weighted by molar-refractivity contribution is -0.148. The number of nitrogens with one attached hydrogen (secondary N) is 1. The van der Waals surface area contributed by atoms with E-state index in [0.717, 1.165) is 4.90 Å². The highest BCUT2D eigenvalue weighted by Gasteiger charge is 2.18. The van der Waals surface area contributed by atoms with Crippen LogP contribution in [-0.4, -0.2) is 23.0 Å². The fourth-order valence-electron chi connectivity index (χ4n) is 1.66. The first-order valence-corrected chi connectivity index (χ1v) is 8.80. The Morgan fingerprint density at radius 2 is 2.00 bits per heavy atom. The van der Waals surface area contributed by atoms with Crippen LogP contribution in [-0.2, 0) is 14.3 Å². The van der Waals surface area contributed by atoms with Gasteiger partial charge in [-0.1, -0.05) is 53.2 Å². The SMILES string of the molecule is C[C@H](OC(=O)/C=C/Sc1ccccc1)C(=O)Nc1ncc(Cl)cc1Cl. The molecule has 1 aromatic heterocycles. The van der Waals surface area contributed by atoms with Crippen molar-refractivity contribution < 1.29 is 14.3 Å². The van der Waals surface area contributed by atoms with Gasteiger partial charge in [0, 0.05) is 17.2 Å². The van der Waals surface area contributed by atoms with Gasteiger partial charge in [0.1, 0.15) is 0 Å². The molecule has 0 bridgehead atoms. The average Bonchev–Trinajstić information content (AvgIpc) is 2.58. The number of anilines is 1. The third-order valence-electron chi connectivity index (χ3n) is 2.86. The van der Waals surface area contributed by atoms with E-state index in [0.29, 0.717) is 5.02 Å². The third kappa shape index (κ3) is 6.42. The minimum Gasteiger partial charge on any atom is -0.449 e. The van der Waals surface area contributed by atoms with Crippen molar-refractivity contribution in [2.45, 2.75) is 17.9 Å². The lowest BCUT2D eigenvalue weighted by Crippen LogP contribution is -2.29. The second-order valence-corrected chi connectivity index (χ2v) is 6.61. The summed E-state index contributed by atoms with van der Waals surface area (Å²) in [6.45, 7) is 1.45. The van der Waals surface area contributed by atoms with Gasteiger partial charge in [0.25, 0.3) is 5.91 Å². The lowest BCUT2D eigenvalue weighted by Gasteiger charge is -2.12. The zero-order valence-corrected chi connectivity index (χ0v) is 15.4. The molecule has 0 fully saturated rings. The number of hydrogen-bond donors (Lipinski definition) is 1. The fraction of sp³-hybridized carbons (Fsp3) is 0.118. The Kier molecular flexibility index (Phi) is 7.31. The molecule has 0 spiro atoms. The van der Waals surface area contributed by atoms with Gasteiger partial charge in [0.2, 0.25) is 0 Å². The highest BCUT2D eigenvalue weighted by atomic mass is 35.5.